The van der Waals surface area contributed by atoms with Gasteiger partial charge in [-0.2, -0.15) is 0 Å². The van der Waals surface area contributed by atoms with E-state index in [2.05, 4.69) is 158 Å². The van der Waals surface area contributed by atoms with Gasteiger partial charge in [0.2, 0.25) is 0 Å². The van der Waals surface area contributed by atoms with Crippen LogP contribution < -0.4 is 26.5 Å². The molecule has 5 aromatic rings. The predicted molar refractivity (Wildman–Crippen MR) is 207 cm³/mol. The molecule has 43 heavy (non-hydrogen) atoms. The summed E-state index contributed by atoms with van der Waals surface area (Å²) in [5.41, 5.74) is 0. The van der Waals surface area contributed by atoms with E-state index in [4.69, 9.17) is 0 Å². The van der Waals surface area contributed by atoms with Crippen LogP contribution in [-0.2, 0) is 0 Å². The van der Waals surface area contributed by atoms with Gasteiger partial charge in [0.25, 0.3) is 0 Å². The zero-order valence-corrected chi connectivity index (χ0v) is 30.6. The summed E-state index contributed by atoms with van der Waals surface area (Å²) in [7, 11) is -0.617. The van der Waals surface area contributed by atoms with Crippen LogP contribution in [0.5, 0.6) is 0 Å². The predicted octanol–water partition coefficient (Wildman–Crippen LogP) is 11.3. The van der Waals surface area contributed by atoms with Crippen LogP contribution in [0.4, 0.5) is 0 Å². The van der Waals surface area contributed by atoms with Crippen LogP contribution >= 0.6 is 15.8 Å². The van der Waals surface area contributed by atoms with Gasteiger partial charge in [-0.25, -0.2) is 0 Å². The largest absolute Gasteiger partial charge is 0.0683 e. The second kappa shape index (κ2) is 30.4. The van der Waals surface area contributed by atoms with Gasteiger partial charge in [0.15, 0.2) is 0 Å². The van der Waals surface area contributed by atoms with E-state index in [1.807, 2.05) is 69.2 Å². The molecule has 0 saturated heterocycles. The molecule has 0 aromatic heterocycles. The average Bonchev–Trinajstić information content (AvgIpc) is 3.15. The van der Waals surface area contributed by atoms with E-state index in [9.17, 15) is 0 Å². The molecule has 5 aromatic carbocycles. The number of hydrogen-bond acceptors (Lipinski definition) is 0. The van der Waals surface area contributed by atoms with Crippen LogP contribution in [0.3, 0.4) is 0 Å². The SMILES string of the molecule is CC.CC.CC.CC.CC.CP(c1ccccc1)c1ccccc1.c1ccc(P(c2ccccc2)c2ccccc2)cc1. The summed E-state index contributed by atoms with van der Waals surface area (Å²) in [5, 5.41) is 7.07. The Morgan fingerprint density at radius 3 is 0.605 bits per heavy atom. The summed E-state index contributed by atoms with van der Waals surface area (Å²) < 4.78 is 0. The summed E-state index contributed by atoms with van der Waals surface area (Å²) in [6, 6.07) is 53.7. The van der Waals surface area contributed by atoms with Gasteiger partial charge in [0, 0.05) is 0 Å². The molecule has 0 saturated carbocycles. The van der Waals surface area contributed by atoms with Crippen molar-refractivity contribution in [3.05, 3.63) is 152 Å². The monoisotopic (exact) mass is 612 g/mol. The van der Waals surface area contributed by atoms with E-state index in [-0.39, 0.29) is 7.92 Å². The Balaban J connectivity index is 0. The maximum Gasteiger partial charge on any atom is -0.0134 e. The highest BCUT2D eigenvalue weighted by molar-refractivity contribution is 7.79. The number of benzene rings is 5. The summed E-state index contributed by atoms with van der Waals surface area (Å²) >= 11 is 0. The minimum atomic E-state index is -0.446. The molecule has 0 N–H and O–H groups in total. The molecule has 0 aliphatic heterocycles. The highest BCUT2D eigenvalue weighted by Gasteiger charge is 2.15. The Hall–Kier alpha value is -3.04. The van der Waals surface area contributed by atoms with E-state index in [1.165, 1.54) is 26.5 Å². The van der Waals surface area contributed by atoms with Crippen LogP contribution in [-0.4, -0.2) is 6.66 Å². The van der Waals surface area contributed by atoms with Gasteiger partial charge in [-0.05, 0) is 49.0 Å². The molecule has 0 aliphatic rings. The molecule has 0 aliphatic carbocycles. The standard InChI is InChI=1S/C18H15P.C13H13P.5C2H6/c1-4-10-16(11-5-1)19(17-12-6-2-7-13-17)18-14-8-3-9-15-18;1-14(12-8-4-2-5-9-12)13-10-6-3-7-11-13;5*1-2/h1-15H;2-11H,1H3;5*1-2H3. The molecule has 0 radical (unpaired) electrons. The molecule has 0 fully saturated rings. The van der Waals surface area contributed by atoms with Crippen LogP contribution in [0.2, 0.25) is 0 Å². The molecular weight excluding hydrogens is 554 g/mol. The van der Waals surface area contributed by atoms with E-state index in [0.29, 0.717) is 0 Å². The molecule has 0 heterocycles. The van der Waals surface area contributed by atoms with Crippen molar-refractivity contribution in [2.45, 2.75) is 69.2 Å². The maximum absolute atomic E-state index is 2.31. The molecule has 0 bridgehead atoms. The third-order valence-electron chi connectivity index (χ3n) is 5.33. The molecule has 0 spiro atoms. The molecule has 2 heteroatoms. The number of hydrogen-bond donors (Lipinski definition) is 0. The van der Waals surface area contributed by atoms with Crippen molar-refractivity contribution >= 4 is 42.4 Å². The first kappa shape index (κ1) is 42.1. The second-order valence-electron chi connectivity index (χ2n) is 7.57. The lowest BCUT2D eigenvalue weighted by molar-refractivity contribution is 1.50. The Morgan fingerprint density at radius 1 is 0.256 bits per heavy atom. The van der Waals surface area contributed by atoms with Crippen molar-refractivity contribution in [2.75, 3.05) is 6.66 Å². The van der Waals surface area contributed by atoms with Gasteiger partial charge in [0.1, 0.15) is 0 Å². The van der Waals surface area contributed by atoms with Crippen molar-refractivity contribution in [2.24, 2.45) is 0 Å². The van der Waals surface area contributed by atoms with Gasteiger partial charge in [-0.3, -0.25) is 0 Å². The Morgan fingerprint density at radius 2 is 0.419 bits per heavy atom. The topological polar surface area (TPSA) is 0 Å². The van der Waals surface area contributed by atoms with Gasteiger partial charge in [-0.15, -0.1) is 0 Å². The zero-order chi connectivity index (χ0) is 32.7. The van der Waals surface area contributed by atoms with Crippen LogP contribution in [0, 0.1) is 0 Å². The van der Waals surface area contributed by atoms with Gasteiger partial charge >= 0.3 is 0 Å². The first-order valence-corrected chi connectivity index (χ1v) is 19.2. The van der Waals surface area contributed by atoms with Gasteiger partial charge in [-0.1, -0.05) is 221 Å². The first-order chi connectivity index (χ1) is 21.3. The van der Waals surface area contributed by atoms with Crippen LogP contribution in [0.25, 0.3) is 0 Å². The van der Waals surface area contributed by atoms with E-state index >= 15 is 0 Å². The van der Waals surface area contributed by atoms with Crippen LogP contribution in [0.1, 0.15) is 69.2 Å². The third kappa shape index (κ3) is 16.4. The third-order valence-corrected chi connectivity index (χ3v) is 9.92. The van der Waals surface area contributed by atoms with Crippen molar-refractivity contribution in [1.82, 2.24) is 0 Å². The first-order valence-electron chi connectivity index (χ1n) is 16.1. The molecule has 0 amide bonds. The molecule has 232 valence electrons. The lowest BCUT2D eigenvalue weighted by Crippen LogP contribution is -2.20. The minimum absolute atomic E-state index is 0.171. The van der Waals surface area contributed by atoms with Crippen molar-refractivity contribution in [3.63, 3.8) is 0 Å². The normalized spacial score (nSPS) is 8.77. The fourth-order valence-corrected chi connectivity index (χ4v) is 7.47. The fraction of sp³-hybridized carbons (Fsp3) is 0.268. The van der Waals surface area contributed by atoms with Crippen molar-refractivity contribution < 1.29 is 0 Å². The van der Waals surface area contributed by atoms with Crippen molar-refractivity contribution in [3.8, 4) is 0 Å². The van der Waals surface area contributed by atoms with E-state index in [0.717, 1.165) is 0 Å². The zero-order valence-electron chi connectivity index (χ0n) is 28.8. The summed E-state index contributed by atoms with van der Waals surface area (Å²) in [6.45, 7) is 22.3. The van der Waals surface area contributed by atoms with Gasteiger partial charge in [0.05, 0.1) is 0 Å². The van der Waals surface area contributed by atoms with E-state index < -0.39 is 7.92 Å². The molecule has 0 unspecified atom stereocenters. The lowest BCUT2D eigenvalue weighted by Gasteiger charge is -2.18. The molecule has 0 nitrogen and oxygen atoms in total. The molecule has 5 rings (SSSR count). The Bertz CT molecular complexity index is 1060. The second-order valence-corrected chi connectivity index (χ2v) is 11.9. The smallest absolute Gasteiger partial charge is 0.0134 e. The van der Waals surface area contributed by atoms with Gasteiger partial charge < -0.3 is 0 Å². The quantitative estimate of drug-likeness (QED) is 0.173. The Kier molecular flexibility index (Phi) is 29.8. The summed E-state index contributed by atoms with van der Waals surface area (Å²) in [6.07, 6.45) is 0. The minimum Gasteiger partial charge on any atom is -0.0683 e. The van der Waals surface area contributed by atoms with Crippen LogP contribution in [0.15, 0.2) is 152 Å². The highest BCUT2D eigenvalue weighted by Crippen LogP contribution is 2.32. The summed E-state index contributed by atoms with van der Waals surface area (Å²) in [4.78, 5) is 0. The number of rotatable bonds is 5. The Labute approximate surface area is 269 Å². The average molecular weight is 613 g/mol. The molecule has 0 atom stereocenters. The van der Waals surface area contributed by atoms with E-state index in [1.54, 1.807) is 0 Å². The summed E-state index contributed by atoms with van der Waals surface area (Å²) in [5.74, 6) is 0. The fourth-order valence-electron chi connectivity index (χ4n) is 3.63. The van der Waals surface area contributed by atoms with Crippen molar-refractivity contribution in [1.29, 1.82) is 0 Å². The maximum atomic E-state index is 2.31. The lowest BCUT2D eigenvalue weighted by atomic mass is 10.4. The molecular formula is C41H58P2. The highest BCUT2D eigenvalue weighted by atomic mass is 31.1.